The lowest BCUT2D eigenvalue weighted by molar-refractivity contribution is 1.12. The lowest BCUT2D eigenvalue weighted by atomic mass is 10.1. The second kappa shape index (κ2) is 3.57. The Hall–Kier alpha value is -1.34. The van der Waals surface area contributed by atoms with Gasteiger partial charge in [-0.25, -0.2) is 0 Å². The molecule has 1 unspecified atom stereocenters. The van der Waals surface area contributed by atoms with Crippen molar-refractivity contribution in [3.8, 4) is 11.1 Å². The minimum Gasteiger partial charge on any atom is -0.0688 e. The molecule has 1 atom stereocenters. The Kier molecular flexibility index (Phi) is 2.27. The molecule has 0 saturated carbocycles. The Balaban J connectivity index is 2.31. The van der Waals surface area contributed by atoms with Crippen LogP contribution < -0.4 is 0 Å². The summed E-state index contributed by atoms with van der Waals surface area (Å²) in [4.78, 5) is 0. The average Bonchev–Trinajstić information content (AvgIpc) is 2.63. The first kappa shape index (κ1) is 10.8. The van der Waals surface area contributed by atoms with E-state index in [0.717, 1.165) is 0 Å². The normalized spacial score (nSPS) is 14.5. The zero-order chi connectivity index (χ0) is 12.0. The van der Waals surface area contributed by atoms with Crippen LogP contribution in [0.15, 0.2) is 42.5 Å². The number of hydrogen-bond donors (Lipinski definition) is 0. The van der Waals surface area contributed by atoms with E-state index in [2.05, 4.69) is 68.2 Å². The number of fused-ring (bicyclic) bond motifs is 3. The van der Waals surface area contributed by atoms with Crippen LogP contribution in [0.5, 0.6) is 0 Å². The Bertz CT molecular complexity index is 518. The highest BCUT2D eigenvalue weighted by atomic mass is 28.3. The van der Waals surface area contributed by atoms with Gasteiger partial charge in [-0.3, -0.25) is 0 Å². The van der Waals surface area contributed by atoms with Crippen molar-refractivity contribution < 1.29 is 0 Å². The van der Waals surface area contributed by atoms with E-state index in [1.807, 2.05) is 0 Å². The third-order valence-electron chi connectivity index (χ3n) is 3.60. The van der Waals surface area contributed by atoms with E-state index in [-0.39, 0.29) is 0 Å². The summed E-state index contributed by atoms with van der Waals surface area (Å²) in [6, 6.07) is 18.7. The Morgan fingerprint density at radius 3 is 2.41 bits per heavy atom. The van der Waals surface area contributed by atoms with E-state index in [4.69, 9.17) is 0 Å². The van der Waals surface area contributed by atoms with E-state index in [0.29, 0.717) is 5.54 Å². The predicted molar refractivity (Wildman–Crippen MR) is 75.9 cm³/mol. The maximum atomic E-state index is 3.49. The quantitative estimate of drug-likeness (QED) is 0.642. The molecular formula is C16H17Si. The zero-order valence-corrected chi connectivity index (χ0v) is 11.6. The summed E-state index contributed by atoms with van der Waals surface area (Å²) in [5.41, 5.74) is 6.37. The molecule has 3 rings (SSSR count). The fraction of sp³-hybridized carbons (Fsp3) is 0.250. The monoisotopic (exact) mass is 237 g/mol. The molecule has 0 aliphatic heterocycles. The molecule has 2 aromatic rings. The van der Waals surface area contributed by atoms with Gasteiger partial charge in [0.25, 0.3) is 0 Å². The van der Waals surface area contributed by atoms with Crippen LogP contribution in [0.4, 0.5) is 0 Å². The smallest absolute Gasteiger partial charge is 0.0574 e. The van der Waals surface area contributed by atoms with E-state index in [1.54, 1.807) is 0 Å². The second-order valence-corrected chi connectivity index (χ2v) is 11.2. The van der Waals surface area contributed by atoms with Crippen molar-refractivity contribution in [3.05, 3.63) is 59.7 Å². The van der Waals surface area contributed by atoms with Crippen LogP contribution in [0.3, 0.4) is 0 Å². The van der Waals surface area contributed by atoms with Gasteiger partial charge in [-0.05, 0) is 28.3 Å². The highest BCUT2D eigenvalue weighted by Crippen LogP contribution is 2.48. The molecule has 2 aromatic carbocycles. The maximum absolute atomic E-state index is 3.49. The summed E-state index contributed by atoms with van der Waals surface area (Å²) in [6.07, 6.45) is 0. The Morgan fingerprint density at radius 1 is 0.941 bits per heavy atom. The molecule has 0 heterocycles. The molecule has 0 nitrogen and oxygen atoms in total. The first-order chi connectivity index (χ1) is 8.09. The fourth-order valence-corrected chi connectivity index (χ4v) is 5.26. The molecule has 17 heavy (non-hydrogen) atoms. The van der Waals surface area contributed by atoms with Gasteiger partial charge in [-0.15, -0.1) is 0 Å². The van der Waals surface area contributed by atoms with Crippen LogP contribution in [-0.4, -0.2) is 8.07 Å². The van der Waals surface area contributed by atoms with Crippen molar-refractivity contribution in [2.45, 2.75) is 25.2 Å². The first-order valence-corrected chi connectivity index (χ1v) is 9.76. The molecule has 0 spiro atoms. The fourth-order valence-electron chi connectivity index (χ4n) is 2.97. The number of benzene rings is 2. The molecule has 0 amide bonds. The molecule has 1 aliphatic rings. The molecule has 0 fully saturated rings. The largest absolute Gasteiger partial charge is 0.0688 e. The van der Waals surface area contributed by atoms with Gasteiger partial charge in [0.1, 0.15) is 0 Å². The minimum atomic E-state index is -1.26. The Labute approximate surface area is 104 Å². The van der Waals surface area contributed by atoms with Crippen molar-refractivity contribution in [3.63, 3.8) is 0 Å². The zero-order valence-electron chi connectivity index (χ0n) is 10.6. The minimum absolute atomic E-state index is 0.606. The van der Waals surface area contributed by atoms with Crippen LogP contribution in [0.25, 0.3) is 11.1 Å². The van der Waals surface area contributed by atoms with E-state index >= 15 is 0 Å². The summed E-state index contributed by atoms with van der Waals surface area (Å²) >= 11 is 0. The predicted octanol–water partition coefficient (Wildman–Crippen LogP) is 4.48. The van der Waals surface area contributed by atoms with Gasteiger partial charge in [-0.2, -0.15) is 0 Å². The second-order valence-electron chi connectivity index (χ2n) is 5.88. The molecule has 1 heteroatoms. The summed E-state index contributed by atoms with van der Waals surface area (Å²) in [5.74, 6) is 0. The standard InChI is InChI=1S/C16H17Si/c1-17(2,3)16-14-10-6-4-8-12(14)13-9-5-7-11-15(13)16/h4-10,16H,1-3H3. The van der Waals surface area contributed by atoms with E-state index in [9.17, 15) is 0 Å². The molecule has 0 bridgehead atoms. The number of rotatable bonds is 1. The van der Waals surface area contributed by atoms with Crippen molar-refractivity contribution in [2.24, 2.45) is 0 Å². The molecule has 85 valence electrons. The summed E-state index contributed by atoms with van der Waals surface area (Å²) in [5, 5.41) is 0. The summed E-state index contributed by atoms with van der Waals surface area (Å²) in [7, 11) is -1.26. The van der Waals surface area contributed by atoms with Crippen LogP contribution in [0, 0.1) is 6.07 Å². The van der Waals surface area contributed by atoms with E-state index in [1.165, 1.54) is 22.3 Å². The lowest BCUT2D eigenvalue weighted by Gasteiger charge is -2.26. The van der Waals surface area contributed by atoms with Gasteiger partial charge >= 0.3 is 0 Å². The van der Waals surface area contributed by atoms with E-state index < -0.39 is 8.07 Å². The number of hydrogen-bond acceptors (Lipinski definition) is 0. The summed E-state index contributed by atoms with van der Waals surface area (Å²) < 4.78 is 0. The van der Waals surface area contributed by atoms with Gasteiger partial charge in [0, 0.05) is 5.54 Å². The van der Waals surface area contributed by atoms with Crippen LogP contribution in [-0.2, 0) is 0 Å². The van der Waals surface area contributed by atoms with Gasteiger partial charge in [-0.1, -0.05) is 62.1 Å². The van der Waals surface area contributed by atoms with Gasteiger partial charge < -0.3 is 0 Å². The van der Waals surface area contributed by atoms with Crippen LogP contribution in [0.2, 0.25) is 19.6 Å². The highest BCUT2D eigenvalue weighted by molar-refractivity contribution is 6.78. The first-order valence-electron chi connectivity index (χ1n) is 6.19. The molecule has 1 radical (unpaired) electrons. The Morgan fingerprint density at radius 2 is 1.65 bits per heavy atom. The van der Waals surface area contributed by atoms with Gasteiger partial charge in [0.05, 0.1) is 8.07 Å². The molecular weight excluding hydrogens is 220 g/mol. The molecule has 0 aromatic heterocycles. The van der Waals surface area contributed by atoms with Crippen molar-refractivity contribution in [1.29, 1.82) is 0 Å². The van der Waals surface area contributed by atoms with Crippen LogP contribution in [0.1, 0.15) is 16.7 Å². The third-order valence-corrected chi connectivity index (χ3v) is 5.94. The van der Waals surface area contributed by atoms with Crippen molar-refractivity contribution in [1.82, 2.24) is 0 Å². The van der Waals surface area contributed by atoms with Crippen molar-refractivity contribution >= 4 is 8.07 Å². The molecule has 0 N–H and O–H groups in total. The topological polar surface area (TPSA) is 0 Å². The summed E-state index contributed by atoms with van der Waals surface area (Å²) in [6.45, 7) is 7.35. The van der Waals surface area contributed by atoms with Gasteiger partial charge in [0.15, 0.2) is 0 Å². The third kappa shape index (κ3) is 1.57. The molecule has 0 saturated heterocycles. The SMILES string of the molecule is C[Si](C)(C)C1c2[c]cccc2-c2ccccc21. The maximum Gasteiger partial charge on any atom is 0.0574 e. The van der Waals surface area contributed by atoms with Crippen LogP contribution >= 0.6 is 0 Å². The lowest BCUT2D eigenvalue weighted by Crippen LogP contribution is -2.30. The van der Waals surface area contributed by atoms with Gasteiger partial charge in [0.2, 0.25) is 0 Å². The highest BCUT2D eigenvalue weighted by Gasteiger charge is 2.37. The average molecular weight is 237 g/mol. The van der Waals surface area contributed by atoms with Crippen molar-refractivity contribution in [2.75, 3.05) is 0 Å². The molecule has 1 aliphatic carbocycles.